The highest BCUT2D eigenvalue weighted by Gasteiger charge is 2.24. The Morgan fingerprint density at radius 2 is 1.76 bits per heavy atom. The lowest BCUT2D eigenvalue weighted by atomic mass is 10.0. The zero-order valence-electron chi connectivity index (χ0n) is 23.6. The number of nitrogens with zero attached hydrogens (tertiary/aromatic N) is 6. The summed E-state index contributed by atoms with van der Waals surface area (Å²) < 4.78 is 4.81. The van der Waals surface area contributed by atoms with Crippen molar-refractivity contribution in [2.24, 2.45) is 7.05 Å². The van der Waals surface area contributed by atoms with Crippen LogP contribution in [0.1, 0.15) is 51.7 Å². The monoisotopic (exact) mass is 556 g/mol. The number of carbonyl (C=O) groups is 1. The molecule has 0 unspecified atom stereocenters. The van der Waals surface area contributed by atoms with Crippen LogP contribution in [0.25, 0.3) is 22.1 Å². The molecule has 6 rings (SSSR count). The summed E-state index contributed by atoms with van der Waals surface area (Å²) in [6, 6.07) is 19.8. The van der Waals surface area contributed by atoms with E-state index in [1.165, 1.54) is 4.52 Å². The maximum absolute atomic E-state index is 14.3. The molecular weight excluding hydrogens is 528 g/mol. The number of aromatic nitrogens is 6. The van der Waals surface area contributed by atoms with Gasteiger partial charge in [-0.25, -0.2) is 9.50 Å². The fraction of sp³-hybridized carbons (Fsp3) is 0.156. The SMILES string of the molecule is Cc1ccc2nc(N)c(C(=O)N[C@@H](C)c3cc4cccc(C#Cc5cnn(C)c5C)c4c(=O)n3-c3ccccc3)n2n1. The number of carbonyl (C=O) groups excluding carboxylic acids is 1. The summed E-state index contributed by atoms with van der Waals surface area (Å²) in [5.41, 5.74) is 10.8. The van der Waals surface area contributed by atoms with E-state index >= 15 is 0 Å². The first kappa shape index (κ1) is 26.5. The summed E-state index contributed by atoms with van der Waals surface area (Å²) in [5, 5.41) is 12.9. The minimum atomic E-state index is -0.586. The highest BCUT2D eigenvalue weighted by molar-refractivity contribution is 5.98. The number of hydrogen-bond acceptors (Lipinski definition) is 6. The van der Waals surface area contributed by atoms with E-state index < -0.39 is 11.9 Å². The average molecular weight is 557 g/mol. The Morgan fingerprint density at radius 3 is 2.50 bits per heavy atom. The molecule has 6 aromatic rings. The molecule has 0 saturated heterocycles. The van der Waals surface area contributed by atoms with Crippen molar-refractivity contribution < 1.29 is 4.79 Å². The fourth-order valence-electron chi connectivity index (χ4n) is 5.00. The van der Waals surface area contributed by atoms with Gasteiger partial charge in [-0.05, 0) is 62.6 Å². The number of nitrogens with two attached hydrogens (primary N) is 1. The molecule has 0 saturated carbocycles. The highest BCUT2D eigenvalue weighted by atomic mass is 16.2. The first-order chi connectivity index (χ1) is 20.2. The highest BCUT2D eigenvalue weighted by Crippen LogP contribution is 2.24. The molecule has 42 heavy (non-hydrogen) atoms. The second-order valence-corrected chi connectivity index (χ2v) is 10.1. The lowest BCUT2D eigenvalue weighted by Crippen LogP contribution is -2.33. The molecule has 0 spiro atoms. The number of hydrogen-bond donors (Lipinski definition) is 2. The van der Waals surface area contributed by atoms with Gasteiger partial charge in [0.15, 0.2) is 17.2 Å². The van der Waals surface area contributed by atoms with Crippen LogP contribution in [0.3, 0.4) is 0 Å². The van der Waals surface area contributed by atoms with Gasteiger partial charge >= 0.3 is 0 Å². The Hall–Kier alpha value is -5.69. The zero-order chi connectivity index (χ0) is 29.5. The van der Waals surface area contributed by atoms with Gasteiger partial charge in [0.25, 0.3) is 11.5 Å². The van der Waals surface area contributed by atoms with Crippen molar-refractivity contribution in [2.75, 3.05) is 5.73 Å². The van der Waals surface area contributed by atoms with Crippen LogP contribution in [0.2, 0.25) is 0 Å². The van der Waals surface area contributed by atoms with Gasteiger partial charge in [0.1, 0.15) is 0 Å². The maximum atomic E-state index is 14.3. The molecule has 1 amide bonds. The van der Waals surface area contributed by atoms with Crippen LogP contribution in [0.15, 0.2) is 77.7 Å². The van der Waals surface area contributed by atoms with Gasteiger partial charge < -0.3 is 11.1 Å². The molecule has 0 aliphatic carbocycles. The van der Waals surface area contributed by atoms with E-state index in [-0.39, 0.29) is 17.1 Å². The molecule has 0 bridgehead atoms. The first-order valence-corrected chi connectivity index (χ1v) is 13.4. The van der Waals surface area contributed by atoms with E-state index in [0.29, 0.717) is 39.1 Å². The van der Waals surface area contributed by atoms with E-state index in [1.807, 2.05) is 82.4 Å². The number of pyridine rings is 1. The molecule has 1 atom stereocenters. The van der Waals surface area contributed by atoms with E-state index in [0.717, 1.165) is 11.3 Å². The number of rotatable bonds is 4. The van der Waals surface area contributed by atoms with Gasteiger partial charge in [0.05, 0.1) is 34.6 Å². The predicted octanol–water partition coefficient (Wildman–Crippen LogP) is 3.86. The smallest absolute Gasteiger partial charge is 0.274 e. The van der Waals surface area contributed by atoms with Gasteiger partial charge in [0.2, 0.25) is 0 Å². The van der Waals surface area contributed by atoms with Crippen molar-refractivity contribution in [1.82, 2.24) is 34.3 Å². The Kier molecular flexibility index (Phi) is 6.55. The molecule has 4 heterocycles. The Labute approximate surface area is 241 Å². The topological polar surface area (TPSA) is 125 Å². The minimum absolute atomic E-state index is 0.0730. The van der Waals surface area contributed by atoms with Gasteiger partial charge in [-0.15, -0.1) is 0 Å². The van der Waals surface area contributed by atoms with Crippen molar-refractivity contribution in [2.45, 2.75) is 26.8 Å². The molecule has 0 aliphatic heterocycles. The second kappa shape index (κ2) is 10.4. The van der Waals surface area contributed by atoms with E-state index in [1.54, 1.807) is 27.6 Å². The quantitative estimate of drug-likeness (QED) is 0.318. The van der Waals surface area contributed by atoms with E-state index in [4.69, 9.17) is 5.73 Å². The molecule has 2 aromatic carbocycles. The number of para-hydroxylation sites is 1. The molecule has 4 aromatic heterocycles. The molecule has 10 nitrogen and oxygen atoms in total. The van der Waals surface area contributed by atoms with E-state index in [2.05, 4.69) is 32.3 Å². The number of amides is 1. The number of benzene rings is 2. The zero-order valence-corrected chi connectivity index (χ0v) is 23.6. The summed E-state index contributed by atoms with van der Waals surface area (Å²) in [6.45, 7) is 5.59. The van der Waals surface area contributed by atoms with E-state index in [9.17, 15) is 9.59 Å². The molecule has 0 fully saturated rings. The van der Waals surface area contributed by atoms with Crippen LogP contribution in [0.4, 0.5) is 5.82 Å². The predicted molar refractivity (Wildman–Crippen MR) is 161 cm³/mol. The normalized spacial score (nSPS) is 11.8. The summed E-state index contributed by atoms with van der Waals surface area (Å²) in [4.78, 5) is 32.1. The Morgan fingerprint density at radius 1 is 1.00 bits per heavy atom. The van der Waals surface area contributed by atoms with Crippen molar-refractivity contribution in [3.63, 3.8) is 0 Å². The number of aryl methyl sites for hydroxylation is 2. The third-order valence-electron chi connectivity index (χ3n) is 7.30. The number of imidazole rings is 1. The van der Waals surface area contributed by atoms with Crippen LogP contribution in [-0.2, 0) is 7.05 Å². The van der Waals surface area contributed by atoms with Crippen LogP contribution < -0.4 is 16.6 Å². The number of anilines is 1. The second-order valence-electron chi connectivity index (χ2n) is 10.1. The minimum Gasteiger partial charge on any atom is -0.382 e. The fourth-order valence-corrected chi connectivity index (χ4v) is 5.00. The van der Waals surface area contributed by atoms with Crippen molar-refractivity contribution in [1.29, 1.82) is 0 Å². The molecule has 10 heteroatoms. The number of nitrogens with one attached hydrogen (secondary N) is 1. The van der Waals surface area contributed by atoms with Crippen molar-refractivity contribution in [3.8, 4) is 17.5 Å². The van der Waals surface area contributed by atoms with Gasteiger partial charge in [-0.3, -0.25) is 18.8 Å². The molecule has 0 radical (unpaired) electrons. The first-order valence-electron chi connectivity index (χ1n) is 13.4. The van der Waals surface area contributed by atoms with Gasteiger partial charge in [0, 0.05) is 24.0 Å². The lowest BCUT2D eigenvalue weighted by molar-refractivity contribution is 0.0932. The van der Waals surface area contributed by atoms with Gasteiger partial charge in [-0.1, -0.05) is 42.2 Å². The molecule has 208 valence electrons. The number of nitrogen functional groups attached to an aromatic ring is 1. The summed E-state index contributed by atoms with van der Waals surface area (Å²) >= 11 is 0. The Bertz CT molecular complexity index is 2130. The van der Waals surface area contributed by atoms with Crippen LogP contribution in [0.5, 0.6) is 0 Å². The van der Waals surface area contributed by atoms with Crippen LogP contribution >= 0.6 is 0 Å². The third-order valence-corrected chi connectivity index (χ3v) is 7.30. The molecule has 3 N–H and O–H groups in total. The van der Waals surface area contributed by atoms with Crippen molar-refractivity contribution >= 4 is 28.1 Å². The van der Waals surface area contributed by atoms with Gasteiger partial charge in [-0.2, -0.15) is 10.2 Å². The molecular formula is C32H28N8O2. The molecule has 0 aliphatic rings. The third kappa shape index (κ3) is 4.57. The van der Waals surface area contributed by atoms with Crippen LogP contribution in [0, 0.1) is 25.7 Å². The summed E-state index contributed by atoms with van der Waals surface area (Å²) in [6.07, 6.45) is 1.71. The summed E-state index contributed by atoms with van der Waals surface area (Å²) in [5.74, 6) is 5.97. The Balaban J connectivity index is 1.48. The standard InChI is InChI=1S/C32H28N8O2/c1-19-13-16-27-36-30(33)29(40(27)37-19)31(41)35-20(2)26-17-23-10-8-9-22(14-15-24-18-34-38(4)21(24)3)28(23)32(42)39(26)25-11-6-5-7-12-25/h5-13,16-18,20H,33H2,1-4H3,(H,35,41)/t20-/m0/s1. The average Bonchev–Trinajstić information content (AvgIpc) is 3.48. The van der Waals surface area contributed by atoms with Crippen molar-refractivity contribution in [3.05, 3.63) is 117 Å². The van der Waals surface area contributed by atoms with Crippen LogP contribution in [-0.4, -0.2) is 34.9 Å². The number of fused-ring (bicyclic) bond motifs is 2. The maximum Gasteiger partial charge on any atom is 0.274 e. The largest absolute Gasteiger partial charge is 0.382 e. The summed E-state index contributed by atoms with van der Waals surface area (Å²) in [7, 11) is 1.86. The lowest BCUT2D eigenvalue weighted by Gasteiger charge is -2.21.